The quantitative estimate of drug-likeness (QED) is 0.633. The number of nitro groups is 1. The molecule has 4 heteroatoms. The van der Waals surface area contributed by atoms with Gasteiger partial charge in [0.25, 0.3) is 5.69 Å². The zero-order chi connectivity index (χ0) is 13.9. The summed E-state index contributed by atoms with van der Waals surface area (Å²) in [5.41, 5.74) is 2.80. The molecule has 1 atom stereocenters. The minimum Gasteiger partial charge on any atom is -0.377 e. The number of benzene rings is 1. The van der Waals surface area contributed by atoms with Gasteiger partial charge in [0.05, 0.1) is 4.92 Å². The summed E-state index contributed by atoms with van der Waals surface area (Å²) in [4.78, 5) is 10.7. The Morgan fingerprint density at radius 2 is 1.78 bits per heavy atom. The maximum atomic E-state index is 11.1. The van der Waals surface area contributed by atoms with Crippen molar-refractivity contribution in [2.24, 2.45) is 5.92 Å². The summed E-state index contributed by atoms with van der Waals surface area (Å²) in [6.07, 6.45) is 0.990. The molecule has 1 unspecified atom stereocenters. The smallest absolute Gasteiger partial charge is 0.292 e. The van der Waals surface area contributed by atoms with Crippen LogP contribution in [0, 0.1) is 29.9 Å². The Morgan fingerprint density at radius 3 is 2.28 bits per heavy atom. The maximum Gasteiger partial charge on any atom is 0.292 e. The Bertz CT molecular complexity index is 442. The van der Waals surface area contributed by atoms with E-state index in [9.17, 15) is 10.1 Å². The van der Waals surface area contributed by atoms with Crippen molar-refractivity contribution in [1.29, 1.82) is 0 Å². The van der Waals surface area contributed by atoms with E-state index in [2.05, 4.69) is 26.1 Å². The van der Waals surface area contributed by atoms with Crippen molar-refractivity contribution < 1.29 is 4.92 Å². The average molecular weight is 250 g/mol. The fourth-order valence-electron chi connectivity index (χ4n) is 2.10. The Labute approximate surface area is 109 Å². The molecule has 1 N–H and O–H groups in total. The van der Waals surface area contributed by atoms with Crippen molar-refractivity contribution >= 4 is 11.4 Å². The van der Waals surface area contributed by atoms with Crippen molar-refractivity contribution in [2.45, 2.75) is 47.1 Å². The van der Waals surface area contributed by atoms with Gasteiger partial charge in [-0.3, -0.25) is 10.1 Å². The molecule has 4 nitrogen and oxygen atoms in total. The van der Waals surface area contributed by atoms with E-state index in [4.69, 9.17) is 0 Å². The van der Waals surface area contributed by atoms with E-state index in [0.717, 1.165) is 17.5 Å². The topological polar surface area (TPSA) is 55.2 Å². The van der Waals surface area contributed by atoms with Gasteiger partial charge in [-0.1, -0.05) is 13.8 Å². The number of hydrogen-bond acceptors (Lipinski definition) is 3. The molecule has 0 aliphatic heterocycles. The lowest BCUT2D eigenvalue weighted by Crippen LogP contribution is -2.18. The van der Waals surface area contributed by atoms with Crippen LogP contribution in [0.3, 0.4) is 0 Å². The Balaban J connectivity index is 3.00. The van der Waals surface area contributed by atoms with E-state index in [1.54, 1.807) is 6.07 Å². The highest BCUT2D eigenvalue weighted by Crippen LogP contribution is 2.29. The normalized spacial score (nSPS) is 12.6. The van der Waals surface area contributed by atoms with E-state index < -0.39 is 0 Å². The van der Waals surface area contributed by atoms with Gasteiger partial charge in [0.1, 0.15) is 5.69 Å². The fourth-order valence-corrected chi connectivity index (χ4v) is 2.10. The monoisotopic (exact) mass is 250 g/mol. The van der Waals surface area contributed by atoms with Crippen molar-refractivity contribution in [3.8, 4) is 0 Å². The maximum absolute atomic E-state index is 11.1. The van der Waals surface area contributed by atoms with E-state index >= 15 is 0 Å². The highest BCUT2D eigenvalue weighted by Gasteiger charge is 2.17. The highest BCUT2D eigenvalue weighted by molar-refractivity contribution is 5.64. The molecule has 1 aromatic rings. The molecule has 0 amide bonds. The second-order valence-electron chi connectivity index (χ2n) is 5.39. The fraction of sp³-hybridized carbons (Fsp3) is 0.571. The summed E-state index contributed by atoms with van der Waals surface area (Å²) < 4.78 is 0. The highest BCUT2D eigenvalue weighted by atomic mass is 16.6. The third kappa shape index (κ3) is 3.72. The second kappa shape index (κ2) is 5.85. The first-order valence-corrected chi connectivity index (χ1v) is 6.33. The molecule has 0 bridgehead atoms. The van der Waals surface area contributed by atoms with E-state index in [-0.39, 0.29) is 16.7 Å². The van der Waals surface area contributed by atoms with Crippen LogP contribution in [-0.2, 0) is 0 Å². The summed E-state index contributed by atoms with van der Waals surface area (Å²) in [6, 6.07) is 3.73. The molecule has 0 aliphatic carbocycles. The zero-order valence-corrected chi connectivity index (χ0v) is 11.8. The first kappa shape index (κ1) is 14.5. The van der Waals surface area contributed by atoms with Gasteiger partial charge in [-0.25, -0.2) is 0 Å². The first-order chi connectivity index (χ1) is 8.31. The number of anilines is 1. The molecular formula is C14H22N2O2. The van der Waals surface area contributed by atoms with Crippen molar-refractivity contribution in [1.82, 2.24) is 0 Å². The van der Waals surface area contributed by atoms with Crippen LogP contribution in [0.4, 0.5) is 11.4 Å². The Hall–Kier alpha value is -1.58. The number of nitro benzene ring substituents is 1. The molecule has 0 radical (unpaired) electrons. The van der Waals surface area contributed by atoms with Gasteiger partial charge in [-0.05, 0) is 50.3 Å². The van der Waals surface area contributed by atoms with Gasteiger partial charge in [-0.2, -0.15) is 0 Å². The molecule has 0 saturated heterocycles. The predicted octanol–water partition coefficient (Wildman–Crippen LogP) is 4.06. The predicted molar refractivity (Wildman–Crippen MR) is 75.1 cm³/mol. The summed E-state index contributed by atoms with van der Waals surface area (Å²) >= 11 is 0. The first-order valence-electron chi connectivity index (χ1n) is 6.33. The van der Waals surface area contributed by atoms with Gasteiger partial charge >= 0.3 is 0 Å². The number of rotatable bonds is 5. The number of nitrogens with zero attached hydrogens (tertiary/aromatic N) is 1. The molecule has 18 heavy (non-hydrogen) atoms. The van der Waals surface area contributed by atoms with E-state index in [1.807, 2.05) is 19.9 Å². The molecule has 0 spiro atoms. The van der Waals surface area contributed by atoms with Crippen LogP contribution in [0.15, 0.2) is 12.1 Å². The molecule has 100 valence electrons. The molecular weight excluding hydrogens is 228 g/mol. The van der Waals surface area contributed by atoms with Crippen LogP contribution in [0.2, 0.25) is 0 Å². The van der Waals surface area contributed by atoms with Crippen molar-refractivity contribution in [3.05, 3.63) is 33.4 Å². The standard InChI is InChI=1S/C14H22N2O2/c1-9(2)6-12(5)15-13-7-10(3)11(4)8-14(13)16(17)18/h7-9,12,15H,6H2,1-5H3. The number of hydrogen-bond donors (Lipinski definition) is 1. The molecule has 0 aliphatic rings. The minimum absolute atomic E-state index is 0.161. The van der Waals surface area contributed by atoms with Gasteiger partial charge < -0.3 is 5.32 Å². The summed E-state index contributed by atoms with van der Waals surface area (Å²) in [6.45, 7) is 10.2. The van der Waals surface area contributed by atoms with Crippen LogP contribution in [0.25, 0.3) is 0 Å². The molecule has 0 saturated carbocycles. The summed E-state index contributed by atoms with van der Waals surface area (Å²) in [5, 5.41) is 14.3. The zero-order valence-electron chi connectivity index (χ0n) is 11.8. The third-order valence-electron chi connectivity index (χ3n) is 3.04. The van der Waals surface area contributed by atoms with Crippen molar-refractivity contribution in [2.75, 3.05) is 5.32 Å². The number of nitrogens with one attached hydrogen (secondary N) is 1. The number of aryl methyl sites for hydroxylation is 2. The molecule has 1 rings (SSSR count). The SMILES string of the molecule is Cc1cc(NC(C)CC(C)C)c([N+](=O)[O-])cc1C. The lowest BCUT2D eigenvalue weighted by Gasteiger charge is -2.18. The van der Waals surface area contributed by atoms with Gasteiger partial charge in [0.2, 0.25) is 0 Å². The van der Waals surface area contributed by atoms with Crippen molar-refractivity contribution in [3.63, 3.8) is 0 Å². The van der Waals surface area contributed by atoms with Crippen LogP contribution in [-0.4, -0.2) is 11.0 Å². The van der Waals surface area contributed by atoms with E-state index in [1.165, 1.54) is 0 Å². The Kier molecular flexibility index (Phi) is 4.70. The average Bonchev–Trinajstić information content (AvgIpc) is 2.21. The molecule has 0 heterocycles. The molecule has 0 aromatic heterocycles. The van der Waals surface area contributed by atoms with Crippen LogP contribution < -0.4 is 5.32 Å². The van der Waals surface area contributed by atoms with Gasteiger partial charge in [0, 0.05) is 12.1 Å². The minimum atomic E-state index is -0.323. The Morgan fingerprint density at radius 1 is 1.22 bits per heavy atom. The molecule has 1 aromatic carbocycles. The van der Waals surface area contributed by atoms with Crippen LogP contribution >= 0.6 is 0 Å². The van der Waals surface area contributed by atoms with Gasteiger partial charge in [0.15, 0.2) is 0 Å². The molecule has 0 fully saturated rings. The largest absolute Gasteiger partial charge is 0.377 e. The van der Waals surface area contributed by atoms with Crippen LogP contribution in [0.1, 0.15) is 38.3 Å². The second-order valence-corrected chi connectivity index (χ2v) is 5.39. The van der Waals surface area contributed by atoms with Crippen LogP contribution in [0.5, 0.6) is 0 Å². The lowest BCUT2D eigenvalue weighted by atomic mass is 10.0. The third-order valence-corrected chi connectivity index (χ3v) is 3.04. The van der Waals surface area contributed by atoms with E-state index in [0.29, 0.717) is 11.6 Å². The summed E-state index contributed by atoms with van der Waals surface area (Å²) in [7, 11) is 0. The summed E-state index contributed by atoms with van der Waals surface area (Å²) in [5.74, 6) is 0.568. The van der Waals surface area contributed by atoms with Gasteiger partial charge in [-0.15, -0.1) is 0 Å². The lowest BCUT2D eigenvalue weighted by molar-refractivity contribution is -0.384.